The van der Waals surface area contributed by atoms with Gasteiger partial charge in [0.25, 0.3) is 5.91 Å². The highest BCUT2D eigenvalue weighted by Crippen LogP contribution is 2.19. The average Bonchev–Trinajstić information content (AvgIpc) is 2.90. The summed E-state index contributed by atoms with van der Waals surface area (Å²) in [6.45, 7) is 7.76. The van der Waals surface area contributed by atoms with Crippen LogP contribution in [-0.4, -0.2) is 44.7 Å². The van der Waals surface area contributed by atoms with Crippen molar-refractivity contribution in [2.45, 2.75) is 33.3 Å². The first-order valence-corrected chi connectivity index (χ1v) is 7.22. The molecule has 0 saturated heterocycles. The van der Waals surface area contributed by atoms with Crippen LogP contribution in [0.4, 0.5) is 0 Å². The summed E-state index contributed by atoms with van der Waals surface area (Å²) < 4.78 is 4.96. The Balaban J connectivity index is 2.26. The van der Waals surface area contributed by atoms with Gasteiger partial charge in [0.15, 0.2) is 0 Å². The summed E-state index contributed by atoms with van der Waals surface area (Å²) in [5.74, 6) is 0.799. The van der Waals surface area contributed by atoms with E-state index in [9.17, 15) is 9.90 Å². The van der Waals surface area contributed by atoms with Gasteiger partial charge in [-0.25, -0.2) is 0 Å². The van der Waals surface area contributed by atoms with Crippen LogP contribution < -0.4 is 0 Å². The standard InChI is InChI=1S/C16H21N3O3/c1-5-19(10-16(3,4)21)15(20)13-8-6-7-12(9-13)14-17-11(2)22-18-14/h6-9,21H,5,10H2,1-4H3. The van der Waals surface area contributed by atoms with Gasteiger partial charge in [0.2, 0.25) is 11.7 Å². The molecule has 1 aromatic heterocycles. The smallest absolute Gasteiger partial charge is 0.253 e. The summed E-state index contributed by atoms with van der Waals surface area (Å²) in [4.78, 5) is 18.4. The molecule has 1 heterocycles. The molecular formula is C16H21N3O3. The zero-order valence-corrected chi connectivity index (χ0v) is 13.3. The van der Waals surface area contributed by atoms with Gasteiger partial charge in [-0.1, -0.05) is 17.3 Å². The second kappa shape index (κ2) is 6.27. The van der Waals surface area contributed by atoms with Crippen LogP contribution in [0.5, 0.6) is 0 Å². The zero-order chi connectivity index (χ0) is 16.3. The first-order valence-electron chi connectivity index (χ1n) is 7.22. The Labute approximate surface area is 129 Å². The van der Waals surface area contributed by atoms with Crippen molar-refractivity contribution in [3.05, 3.63) is 35.7 Å². The highest BCUT2D eigenvalue weighted by molar-refractivity contribution is 5.95. The molecule has 2 aromatic rings. The first-order chi connectivity index (χ1) is 10.3. The number of hydrogen-bond donors (Lipinski definition) is 1. The van der Waals surface area contributed by atoms with E-state index in [0.717, 1.165) is 5.56 Å². The minimum absolute atomic E-state index is 0.133. The third kappa shape index (κ3) is 3.92. The maximum absolute atomic E-state index is 12.6. The topological polar surface area (TPSA) is 79.5 Å². The molecule has 0 aliphatic carbocycles. The number of carbonyl (C=O) groups is 1. The number of aromatic nitrogens is 2. The molecule has 1 amide bonds. The molecule has 22 heavy (non-hydrogen) atoms. The van der Waals surface area contributed by atoms with Crippen molar-refractivity contribution < 1.29 is 14.4 Å². The third-order valence-electron chi connectivity index (χ3n) is 3.14. The molecule has 118 valence electrons. The molecule has 1 aromatic carbocycles. The fraction of sp³-hybridized carbons (Fsp3) is 0.438. The molecular weight excluding hydrogens is 282 g/mol. The molecule has 2 rings (SSSR count). The monoisotopic (exact) mass is 303 g/mol. The number of rotatable bonds is 5. The number of aliphatic hydroxyl groups is 1. The predicted molar refractivity (Wildman–Crippen MR) is 82.3 cm³/mol. The molecule has 0 atom stereocenters. The third-order valence-corrected chi connectivity index (χ3v) is 3.14. The summed E-state index contributed by atoms with van der Waals surface area (Å²) >= 11 is 0. The highest BCUT2D eigenvalue weighted by Gasteiger charge is 2.22. The molecule has 0 aliphatic rings. The van der Waals surface area contributed by atoms with E-state index < -0.39 is 5.60 Å². The van der Waals surface area contributed by atoms with Crippen LogP contribution in [0.3, 0.4) is 0 Å². The molecule has 0 spiro atoms. The first kappa shape index (κ1) is 16.2. The van der Waals surface area contributed by atoms with Gasteiger partial charge in [0.05, 0.1) is 5.60 Å². The van der Waals surface area contributed by atoms with Gasteiger partial charge >= 0.3 is 0 Å². The average molecular weight is 303 g/mol. The van der Waals surface area contributed by atoms with Crippen LogP contribution in [0.2, 0.25) is 0 Å². The maximum Gasteiger partial charge on any atom is 0.253 e. The van der Waals surface area contributed by atoms with E-state index in [0.29, 0.717) is 23.8 Å². The maximum atomic E-state index is 12.6. The lowest BCUT2D eigenvalue weighted by atomic mass is 10.1. The fourth-order valence-electron chi connectivity index (χ4n) is 2.18. The number of amides is 1. The fourth-order valence-corrected chi connectivity index (χ4v) is 2.18. The number of benzene rings is 1. The van der Waals surface area contributed by atoms with Crippen LogP contribution in [0, 0.1) is 6.92 Å². The molecule has 0 aliphatic heterocycles. The Morgan fingerprint density at radius 2 is 2.14 bits per heavy atom. The SMILES string of the molecule is CCN(CC(C)(C)O)C(=O)c1cccc(-c2noc(C)n2)c1. The highest BCUT2D eigenvalue weighted by atomic mass is 16.5. The van der Waals surface area contributed by atoms with Crippen molar-refractivity contribution in [2.24, 2.45) is 0 Å². The van der Waals surface area contributed by atoms with Crippen molar-refractivity contribution in [1.82, 2.24) is 15.0 Å². The molecule has 6 heteroatoms. The van der Waals surface area contributed by atoms with Crippen molar-refractivity contribution in [3.63, 3.8) is 0 Å². The number of aryl methyl sites for hydroxylation is 1. The Kier molecular flexibility index (Phi) is 4.61. The van der Waals surface area contributed by atoms with Gasteiger partial charge in [0, 0.05) is 31.1 Å². The van der Waals surface area contributed by atoms with Crippen molar-refractivity contribution >= 4 is 5.91 Å². The Bertz CT molecular complexity index is 659. The second-order valence-corrected chi connectivity index (χ2v) is 5.85. The van der Waals surface area contributed by atoms with Crippen molar-refractivity contribution in [2.75, 3.05) is 13.1 Å². The Morgan fingerprint density at radius 1 is 1.41 bits per heavy atom. The molecule has 6 nitrogen and oxygen atoms in total. The molecule has 0 bridgehead atoms. The van der Waals surface area contributed by atoms with Crippen LogP contribution in [0.15, 0.2) is 28.8 Å². The zero-order valence-electron chi connectivity index (χ0n) is 13.3. The quantitative estimate of drug-likeness (QED) is 0.916. The minimum Gasteiger partial charge on any atom is -0.389 e. The number of carbonyl (C=O) groups excluding carboxylic acids is 1. The van der Waals surface area contributed by atoms with E-state index >= 15 is 0 Å². The Morgan fingerprint density at radius 3 is 2.68 bits per heavy atom. The lowest BCUT2D eigenvalue weighted by molar-refractivity contribution is 0.0315. The predicted octanol–water partition coefficient (Wildman–Crippen LogP) is 2.28. The summed E-state index contributed by atoms with van der Waals surface area (Å²) in [6, 6.07) is 7.09. The van der Waals surface area contributed by atoms with Gasteiger partial charge in [-0.05, 0) is 32.9 Å². The molecule has 0 radical (unpaired) electrons. The van der Waals surface area contributed by atoms with Crippen LogP contribution in [-0.2, 0) is 0 Å². The molecule has 0 fully saturated rings. The normalized spacial score (nSPS) is 11.5. The molecule has 0 saturated carbocycles. The minimum atomic E-state index is -0.936. The van der Waals surface area contributed by atoms with Gasteiger partial charge < -0.3 is 14.5 Å². The molecule has 1 N–H and O–H groups in total. The van der Waals surface area contributed by atoms with Gasteiger partial charge in [0.1, 0.15) is 0 Å². The van der Waals surface area contributed by atoms with E-state index in [1.165, 1.54) is 0 Å². The van der Waals surface area contributed by atoms with Crippen LogP contribution >= 0.6 is 0 Å². The summed E-state index contributed by atoms with van der Waals surface area (Å²) in [7, 11) is 0. The number of likely N-dealkylation sites (N-methyl/N-ethyl adjacent to an activating group) is 1. The lowest BCUT2D eigenvalue weighted by Crippen LogP contribution is -2.42. The summed E-state index contributed by atoms with van der Waals surface area (Å²) in [6.07, 6.45) is 0. The largest absolute Gasteiger partial charge is 0.389 e. The lowest BCUT2D eigenvalue weighted by Gasteiger charge is -2.28. The Hall–Kier alpha value is -2.21. The van der Waals surface area contributed by atoms with E-state index in [2.05, 4.69) is 10.1 Å². The van der Waals surface area contributed by atoms with E-state index in [4.69, 9.17) is 4.52 Å². The van der Waals surface area contributed by atoms with Crippen molar-refractivity contribution in [3.8, 4) is 11.4 Å². The van der Waals surface area contributed by atoms with Gasteiger partial charge in [-0.3, -0.25) is 4.79 Å². The van der Waals surface area contributed by atoms with E-state index in [-0.39, 0.29) is 12.5 Å². The second-order valence-electron chi connectivity index (χ2n) is 5.85. The van der Waals surface area contributed by atoms with Crippen LogP contribution in [0.1, 0.15) is 37.0 Å². The van der Waals surface area contributed by atoms with E-state index in [1.54, 1.807) is 43.9 Å². The van der Waals surface area contributed by atoms with Gasteiger partial charge in [-0.2, -0.15) is 4.98 Å². The summed E-state index contributed by atoms with van der Waals surface area (Å²) in [5, 5.41) is 13.8. The van der Waals surface area contributed by atoms with E-state index in [1.807, 2.05) is 13.0 Å². The molecule has 0 unspecified atom stereocenters. The van der Waals surface area contributed by atoms with Crippen LogP contribution in [0.25, 0.3) is 11.4 Å². The van der Waals surface area contributed by atoms with Gasteiger partial charge in [-0.15, -0.1) is 0 Å². The van der Waals surface area contributed by atoms with Crippen molar-refractivity contribution in [1.29, 1.82) is 0 Å². The number of nitrogens with zero attached hydrogens (tertiary/aromatic N) is 3. The summed E-state index contributed by atoms with van der Waals surface area (Å²) in [5.41, 5.74) is 0.321. The number of hydrogen-bond acceptors (Lipinski definition) is 5.